The van der Waals surface area contributed by atoms with Gasteiger partial charge in [0.25, 0.3) is 0 Å². The van der Waals surface area contributed by atoms with Gasteiger partial charge in [-0.1, -0.05) is 6.07 Å². The second-order valence-electron chi connectivity index (χ2n) is 3.80. The number of tetrazole rings is 1. The number of rotatable bonds is 3. The Morgan fingerprint density at radius 1 is 1.25 bits per heavy atom. The summed E-state index contributed by atoms with van der Waals surface area (Å²) in [6.45, 7) is 4.68. The molecule has 0 unspecified atom stereocenters. The molecule has 2 N–H and O–H groups in total. The standard InChI is InChI=1S/C11H15N5/c1-8-3-4-10(7-9(8)2)16-14-11(5-6-12)13-15-16/h3-4,7H,5-6,12H2,1-2H3. The van der Waals surface area contributed by atoms with E-state index in [0.717, 1.165) is 5.69 Å². The Morgan fingerprint density at radius 3 is 2.75 bits per heavy atom. The van der Waals surface area contributed by atoms with Gasteiger partial charge in [-0.25, -0.2) is 0 Å². The van der Waals surface area contributed by atoms with Crippen LogP contribution in [0.15, 0.2) is 18.2 Å². The van der Waals surface area contributed by atoms with Gasteiger partial charge in [-0.05, 0) is 48.9 Å². The van der Waals surface area contributed by atoms with Crippen LogP contribution in [0.25, 0.3) is 5.69 Å². The van der Waals surface area contributed by atoms with E-state index >= 15 is 0 Å². The summed E-state index contributed by atoms with van der Waals surface area (Å²) in [6, 6.07) is 6.08. The van der Waals surface area contributed by atoms with Gasteiger partial charge >= 0.3 is 0 Å². The zero-order valence-corrected chi connectivity index (χ0v) is 9.51. The van der Waals surface area contributed by atoms with Gasteiger partial charge in [-0.15, -0.1) is 15.0 Å². The molecule has 0 saturated carbocycles. The van der Waals surface area contributed by atoms with Crippen molar-refractivity contribution in [2.75, 3.05) is 6.54 Å². The monoisotopic (exact) mass is 217 g/mol. The van der Waals surface area contributed by atoms with Gasteiger partial charge in [0, 0.05) is 6.42 Å². The minimum atomic E-state index is 0.540. The molecule has 0 atom stereocenters. The number of nitrogens with zero attached hydrogens (tertiary/aromatic N) is 4. The smallest absolute Gasteiger partial charge is 0.176 e. The summed E-state index contributed by atoms with van der Waals surface area (Å²) in [5, 5.41) is 12.2. The van der Waals surface area contributed by atoms with Crippen LogP contribution >= 0.6 is 0 Å². The van der Waals surface area contributed by atoms with Crippen LogP contribution in [0.3, 0.4) is 0 Å². The van der Waals surface area contributed by atoms with E-state index in [1.807, 2.05) is 12.1 Å². The minimum absolute atomic E-state index is 0.540. The van der Waals surface area contributed by atoms with Crippen LogP contribution in [-0.4, -0.2) is 26.8 Å². The topological polar surface area (TPSA) is 69.6 Å². The number of aromatic nitrogens is 4. The molecule has 0 aliphatic rings. The Labute approximate surface area is 94.3 Å². The van der Waals surface area contributed by atoms with Crippen LogP contribution in [0.4, 0.5) is 0 Å². The summed E-state index contributed by atoms with van der Waals surface area (Å²) in [5.41, 5.74) is 8.84. The highest BCUT2D eigenvalue weighted by molar-refractivity contribution is 5.37. The molecule has 0 saturated heterocycles. The predicted octanol–water partition coefficient (Wildman–Crippen LogP) is 0.780. The van der Waals surface area contributed by atoms with E-state index in [2.05, 4.69) is 35.3 Å². The molecule has 0 bridgehead atoms. The summed E-state index contributed by atoms with van der Waals surface area (Å²) in [6.07, 6.45) is 0.658. The highest BCUT2D eigenvalue weighted by Crippen LogP contribution is 2.11. The molecule has 16 heavy (non-hydrogen) atoms. The van der Waals surface area contributed by atoms with Gasteiger partial charge in [0.1, 0.15) is 0 Å². The van der Waals surface area contributed by atoms with Crippen molar-refractivity contribution in [3.63, 3.8) is 0 Å². The zero-order chi connectivity index (χ0) is 11.5. The average Bonchev–Trinajstić information content (AvgIpc) is 2.71. The van der Waals surface area contributed by atoms with Crippen molar-refractivity contribution in [2.24, 2.45) is 5.73 Å². The van der Waals surface area contributed by atoms with E-state index in [9.17, 15) is 0 Å². The maximum Gasteiger partial charge on any atom is 0.176 e. The van der Waals surface area contributed by atoms with Gasteiger partial charge in [0.2, 0.25) is 0 Å². The first-order chi connectivity index (χ1) is 7.70. The lowest BCUT2D eigenvalue weighted by Gasteiger charge is -2.02. The van der Waals surface area contributed by atoms with Crippen LogP contribution in [0.2, 0.25) is 0 Å². The Bertz CT molecular complexity index is 489. The van der Waals surface area contributed by atoms with E-state index in [1.54, 1.807) is 0 Å². The van der Waals surface area contributed by atoms with Crippen LogP contribution in [0.1, 0.15) is 17.0 Å². The third kappa shape index (κ3) is 2.09. The molecule has 84 valence electrons. The lowest BCUT2D eigenvalue weighted by atomic mass is 10.1. The number of aryl methyl sites for hydroxylation is 2. The molecule has 1 aromatic heterocycles. The first-order valence-electron chi connectivity index (χ1n) is 5.27. The van der Waals surface area contributed by atoms with Crippen LogP contribution < -0.4 is 5.73 Å². The summed E-state index contributed by atoms with van der Waals surface area (Å²) in [5.74, 6) is 0.681. The molecule has 2 rings (SSSR count). The average molecular weight is 217 g/mol. The molecule has 5 nitrogen and oxygen atoms in total. The molecular weight excluding hydrogens is 202 g/mol. The highest BCUT2D eigenvalue weighted by atomic mass is 15.6. The van der Waals surface area contributed by atoms with Crippen molar-refractivity contribution in [1.29, 1.82) is 0 Å². The van der Waals surface area contributed by atoms with Crippen molar-refractivity contribution in [3.05, 3.63) is 35.2 Å². The fourth-order valence-corrected chi connectivity index (χ4v) is 1.43. The summed E-state index contributed by atoms with van der Waals surface area (Å²) >= 11 is 0. The minimum Gasteiger partial charge on any atom is -0.330 e. The lowest BCUT2D eigenvalue weighted by Crippen LogP contribution is -2.05. The van der Waals surface area contributed by atoms with Gasteiger partial charge in [0.15, 0.2) is 5.82 Å². The van der Waals surface area contributed by atoms with Crippen molar-refractivity contribution < 1.29 is 0 Å². The second kappa shape index (κ2) is 4.40. The van der Waals surface area contributed by atoms with Gasteiger partial charge in [-0.2, -0.15) is 0 Å². The van der Waals surface area contributed by atoms with E-state index in [4.69, 9.17) is 5.73 Å². The van der Waals surface area contributed by atoms with E-state index in [1.165, 1.54) is 15.9 Å². The summed E-state index contributed by atoms with van der Waals surface area (Å²) in [4.78, 5) is 1.54. The van der Waals surface area contributed by atoms with E-state index in [0.29, 0.717) is 18.8 Å². The Hall–Kier alpha value is -1.75. The molecule has 0 aliphatic carbocycles. The third-order valence-corrected chi connectivity index (χ3v) is 2.54. The molecular formula is C11H15N5. The molecule has 0 spiro atoms. The van der Waals surface area contributed by atoms with E-state index in [-0.39, 0.29) is 0 Å². The largest absolute Gasteiger partial charge is 0.330 e. The van der Waals surface area contributed by atoms with Crippen molar-refractivity contribution in [2.45, 2.75) is 20.3 Å². The molecule has 0 amide bonds. The third-order valence-electron chi connectivity index (χ3n) is 2.54. The number of benzene rings is 1. The normalized spacial score (nSPS) is 10.7. The molecule has 2 aromatic rings. The Morgan fingerprint density at radius 2 is 2.06 bits per heavy atom. The molecule has 1 heterocycles. The van der Waals surface area contributed by atoms with Gasteiger partial charge < -0.3 is 5.73 Å². The molecule has 0 aliphatic heterocycles. The first-order valence-corrected chi connectivity index (χ1v) is 5.27. The molecule has 5 heteroatoms. The van der Waals surface area contributed by atoms with Crippen molar-refractivity contribution in [1.82, 2.24) is 20.2 Å². The lowest BCUT2D eigenvalue weighted by molar-refractivity contribution is 0.716. The van der Waals surface area contributed by atoms with Crippen LogP contribution in [0, 0.1) is 13.8 Å². The van der Waals surface area contributed by atoms with Crippen molar-refractivity contribution >= 4 is 0 Å². The zero-order valence-electron chi connectivity index (χ0n) is 9.51. The molecule has 0 fully saturated rings. The quantitative estimate of drug-likeness (QED) is 0.824. The fraction of sp³-hybridized carbons (Fsp3) is 0.364. The molecule has 0 radical (unpaired) electrons. The van der Waals surface area contributed by atoms with Crippen LogP contribution in [-0.2, 0) is 6.42 Å². The predicted molar refractivity (Wildman–Crippen MR) is 61.4 cm³/mol. The highest BCUT2D eigenvalue weighted by Gasteiger charge is 2.04. The number of hydrogen-bond donors (Lipinski definition) is 1. The van der Waals surface area contributed by atoms with Gasteiger partial charge in [-0.3, -0.25) is 0 Å². The van der Waals surface area contributed by atoms with Gasteiger partial charge in [0.05, 0.1) is 5.69 Å². The maximum absolute atomic E-state index is 5.44. The molecule has 1 aromatic carbocycles. The Kier molecular flexibility index (Phi) is 2.96. The number of hydrogen-bond acceptors (Lipinski definition) is 4. The maximum atomic E-state index is 5.44. The summed E-state index contributed by atoms with van der Waals surface area (Å²) < 4.78 is 0. The number of nitrogens with two attached hydrogens (primary N) is 1. The Balaban J connectivity index is 2.31. The summed E-state index contributed by atoms with van der Waals surface area (Å²) in [7, 11) is 0. The van der Waals surface area contributed by atoms with Crippen LogP contribution in [0.5, 0.6) is 0 Å². The second-order valence-corrected chi connectivity index (χ2v) is 3.80. The van der Waals surface area contributed by atoms with E-state index < -0.39 is 0 Å². The fourth-order valence-electron chi connectivity index (χ4n) is 1.43. The first kappa shape index (κ1) is 10.8. The SMILES string of the molecule is Cc1ccc(-n2nnc(CCN)n2)cc1C. The van der Waals surface area contributed by atoms with Crippen molar-refractivity contribution in [3.8, 4) is 5.69 Å².